The predicted octanol–water partition coefficient (Wildman–Crippen LogP) is 5.36. The Balaban J connectivity index is 2.11. The van der Waals surface area contributed by atoms with E-state index in [0.29, 0.717) is 18.1 Å². The van der Waals surface area contributed by atoms with Gasteiger partial charge in [-0.1, -0.05) is 20.8 Å². The number of furan rings is 2. The van der Waals surface area contributed by atoms with Gasteiger partial charge in [-0.3, -0.25) is 4.79 Å². The van der Waals surface area contributed by atoms with Gasteiger partial charge in [0, 0.05) is 12.0 Å². The quantitative estimate of drug-likeness (QED) is 0.701. The third-order valence-electron chi connectivity index (χ3n) is 4.36. The molecule has 0 aromatic carbocycles. The van der Waals surface area contributed by atoms with Gasteiger partial charge in [-0.2, -0.15) is 0 Å². The van der Waals surface area contributed by atoms with Crippen molar-refractivity contribution in [2.75, 3.05) is 0 Å². The predicted molar refractivity (Wildman–Crippen MR) is 90.6 cm³/mol. The van der Waals surface area contributed by atoms with Crippen molar-refractivity contribution in [1.29, 1.82) is 0 Å². The van der Waals surface area contributed by atoms with Crippen LogP contribution < -0.4 is 0 Å². The molecular formula is C20H22O3. The van der Waals surface area contributed by atoms with E-state index in [1.807, 2.05) is 36.4 Å². The molecule has 0 amide bonds. The van der Waals surface area contributed by atoms with Gasteiger partial charge in [0.05, 0.1) is 12.5 Å². The van der Waals surface area contributed by atoms with Crippen LogP contribution in [-0.4, -0.2) is 5.78 Å². The first kappa shape index (κ1) is 15.6. The second kappa shape index (κ2) is 6.07. The summed E-state index contributed by atoms with van der Waals surface area (Å²) in [5.74, 6) is 1.94. The molecule has 0 bridgehead atoms. The van der Waals surface area contributed by atoms with Crippen LogP contribution in [0.3, 0.4) is 0 Å². The Labute approximate surface area is 136 Å². The summed E-state index contributed by atoms with van der Waals surface area (Å²) >= 11 is 0. The molecule has 3 heteroatoms. The highest BCUT2D eigenvalue weighted by molar-refractivity contribution is 6.05. The van der Waals surface area contributed by atoms with Crippen molar-refractivity contribution >= 4 is 17.9 Å². The Morgan fingerprint density at radius 1 is 1.04 bits per heavy atom. The van der Waals surface area contributed by atoms with Gasteiger partial charge in [0.25, 0.3) is 0 Å². The van der Waals surface area contributed by atoms with E-state index in [1.54, 1.807) is 12.5 Å². The summed E-state index contributed by atoms with van der Waals surface area (Å²) < 4.78 is 10.9. The Hall–Kier alpha value is -2.29. The van der Waals surface area contributed by atoms with Gasteiger partial charge < -0.3 is 8.83 Å². The number of hydrogen-bond donors (Lipinski definition) is 0. The number of allylic oxidation sites excluding steroid dienone is 2. The van der Waals surface area contributed by atoms with Gasteiger partial charge >= 0.3 is 0 Å². The van der Waals surface area contributed by atoms with Crippen LogP contribution in [0.15, 0.2) is 56.8 Å². The van der Waals surface area contributed by atoms with Crippen LogP contribution in [0.4, 0.5) is 0 Å². The normalized spacial score (nSPS) is 22.9. The molecule has 1 unspecified atom stereocenters. The fraction of sp³-hybridized carbons (Fsp3) is 0.350. The monoisotopic (exact) mass is 310 g/mol. The molecule has 3 rings (SSSR count). The van der Waals surface area contributed by atoms with E-state index in [2.05, 4.69) is 20.8 Å². The number of carbonyl (C=O) groups is 1. The first-order valence-corrected chi connectivity index (χ1v) is 7.99. The number of rotatable bonds is 2. The maximum absolute atomic E-state index is 12.6. The molecule has 3 nitrogen and oxygen atoms in total. The van der Waals surface area contributed by atoms with E-state index < -0.39 is 0 Å². The van der Waals surface area contributed by atoms with E-state index in [1.165, 1.54) is 0 Å². The van der Waals surface area contributed by atoms with Gasteiger partial charge in [-0.05, 0) is 59.7 Å². The summed E-state index contributed by atoms with van der Waals surface area (Å²) in [4.78, 5) is 12.6. The second-order valence-electron chi connectivity index (χ2n) is 7.07. The molecule has 1 atom stereocenters. The van der Waals surface area contributed by atoms with Gasteiger partial charge in [0.15, 0.2) is 5.78 Å². The largest absolute Gasteiger partial charge is 0.465 e. The third-order valence-corrected chi connectivity index (χ3v) is 4.36. The van der Waals surface area contributed by atoms with Crippen molar-refractivity contribution < 1.29 is 13.6 Å². The zero-order valence-electron chi connectivity index (χ0n) is 13.8. The molecule has 2 aromatic rings. The number of carbonyl (C=O) groups excluding carboxylic acids is 1. The van der Waals surface area contributed by atoms with E-state index >= 15 is 0 Å². The van der Waals surface area contributed by atoms with Crippen LogP contribution in [0.2, 0.25) is 0 Å². The van der Waals surface area contributed by atoms with Crippen molar-refractivity contribution in [3.05, 3.63) is 59.5 Å². The Morgan fingerprint density at radius 2 is 1.65 bits per heavy atom. The SMILES string of the molecule is CC(C)(C)C1CCC(=O)C(=C\c2ccco2)/C1=C\c1ccco1. The average molecular weight is 310 g/mol. The van der Waals surface area contributed by atoms with Crippen molar-refractivity contribution in [2.24, 2.45) is 11.3 Å². The van der Waals surface area contributed by atoms with Crippen LogP contribution in [-0.2, 0) is 4.79 Å². The highest BCUT2D eigenvalue weighted by Gasteiger charge is 2.36. The van der Waals surface area contributed by atoms with E-state index in [0.717, 1.165) is 23.3 Å². The Bertz CT molecular complexity index is 722. The zero-order valence-corrected chi connectivity index (χ0v) is 13.8. The standard InChI is InChI=1S/C20H22O3/c1-20(2,3)18-8-9-19(21)17(13-15-7-5-11-23-15)16(18)12-14-6-4-10-22-14/h4-7,10-13,18H,8-9H2,1-3H3/b16-12+,17-13-. The number of ketones is 1. The lowest BCUT2D eigenvalue weighted by atomic mass is 9.67. The lowest BCUT2D eigenvalue weighted by Crippen LogP contribution is -2.29. The molecule has 120 valence electrons. The third kappa shape index (κ3) is 3.39. The molecule has 1 aliphatic rings. The van der Waals surface area contributed by atoms with Gasteiger partial charge in [0.1, 0.15) is 11.5 Å². The number of hydrogen-bond acceptors (Lipinski definition) is 3. The summed E-state index contributed by atoms with van der Waals surface area (Å²) in [6, 6.07) is 7.47. The topological polar surface area (TPSA) is 43.4 Å². The fourth-order valence-corrected chi connectivity index (χ4v) is 3.20. The molecule has 1 saturated carbocycles. The second-order valence-corrected chi connectivity index (χ2v) is 7.07. The minimum Gasteiger partial charge on any atom is -0.465 e. The highest BCUT2D eigenvalue weighted by atomic mass is 16.3. The van der Waals surface area contributed by atoms with E-state index in [9.17, 15) is 4.79 Å². The maximum Gasteiger partial charge on any atom is 0.163 e. The van der Waals surface area contributed by atoms with Crippen LogP contribution in [0.1, 0.15) is 45.1 Å². The summed E-state index contributed by atoms with van der Waals surface area (Å²) in [6.07, 6.45) is 8.57. The van der Waals surface area contributed by atoms with Crippen molar-refractivity contribution in [2.45, 2.75) is 33.6 Å². The first-order chi connectivity index (χ1) is 10.9. The van der Waals surface area contributed by atoms with Gasteiger partial charge in [-0.25, -0.2) is 0 Å². The lowest BCUT2D eigenvalue weighted by Gasteiger charge is -2.36. The van der Waals surface area contributed by atoms with Crippen LogP contribution in [0.25, 0.3) is 12.2 Å². The minimum atomic E-state index is 0.0708. The Morgan fingerprint density at radius 3 is 2.17 bits per heavy atom. The molecule has 1 fully saturated rings. The van der Waals surface area contributed by atoms with Gasteiger partial charge in [0.2, 0.25) is 0 Å². The molecule has 1 aliphatic carbocycles. The van der Waals surface area contributed by atoms with Crippen LogP contribution in [0, 0.1) is 11.3 Å². The van der Waals surface area contributed by atoms with Crippen molar-refractivity contribution in [3.8, 4) is 0 Å². The van der Waals surface area contributed by atoms with E-state index in [-0.39, 0.29) is 11.2 Å². The summed E-state index contributed by atoms with van der Waals surface area (Å²) in [7, 11) is 0. The zero-order chi connectivity index (χ0) is 16.4. The molecule has 0 saturated heterocycles. The average Bonchev–Trinajstić information content (AvgIpc) is 3.14. The Kier molecular flexibility index (Phi) is 4.12. The smallest absolute Gasteiger partial charge is 0.163 e. The highest BCUT2D eigenvalue weighted by Crippen LogP contribution is 2.44. The van der Waals surface area contributed by atoms with Crippen LogP contribution >= 0.6 is 0 Å². The molecule has 0 radical (unpaired) electrons. The summed E-state index contributed by atoms with van der Waals surface area (Å²) in [5, 5.41) is 0. The van der Waals surface area contributed by atoms with E-state index in [4.69, 9.17) is 8.83 Å². The molecular weight excluding hydrogens is 288 g/mol. The van der Waals surface area contributed by atoms with Crippen molar-refractivity contribution in [3.63, 3.8) is 0 Å². The maximum atomic E-state index is 12.6. The molecule has 23 heavy (non-hydrogen) atoms. The molecule has 2 heterocycles. The van der Waals surface area contributed by atoms with Crippen LogP contribution in [0.5, 0.6) is 0 Å². The fourth-order valence-electron chi connectivity index (χ4n) is 3.20. The number of Topliss-reactive ketones (excluding diaryl/α,β-unsaturated/α-hetero) is 1. The summed E-state index contributed by atoms with van der Waals surface area (Å²) in [5.41, 5.74) is 1.85. The first-order valence-electron chi connectivity index (χ1n) is 7.99. The molecule has 0 spiro atoms. The molecule has 2 aromatic heterocycles. The van der Waals surface area contributed by atoms with Crippen molar-refractivity contribution in [1.82, 2.24) is 0 Å². The summed E-state index contributed by atoms with van der Waals surface area (Å²) in [6.45, 7) is 6.65. The molecule has 0 N–H and O–H groups in total. The molecule has 0 aliphatic heterocycles. The minimum absolute atomic E-state index is 0.0708. The lowest BCUT2D eigenvalue weighted by molar-refractivity contribution is -0.116. The van der Waals surface area contributed by atoms with Gasteiger partial charge in [-0.15, -0.1) is 0 Å².